The van der Waals surface area contributed by atoms with Gasteiger partial charge in [-0.05, 0) is 31.0 Å². The Labute approximate surface area is 99.7 Å². The highest BCUT2D eigenvalue weighted by Crippen LogP contribution is 2.22. The van der Waals surface area contributed by atoms with Gasteiger partial charge in [0.25, 0.3) is 0 Å². The van der Waals surface area contributed by atoms with Crippen LogP contribution < -0.4 is 0 Å². The number of hydrogen-bond acceptors (Lipinski definition) is 3. The number of aliphatic hydroxyl groups is 2. The minimum atomic E-state index is -1.02. The van der Waals surface area contributed by atoms with Gasteiger partial charge in [-0.1, -0.05) is 12.1 Å². The second-order valence-corrected chi connectivity index (χ2v) is 4.10. The van der Waals surface area contributed by atoms with Gasteiger partial charge in [0.2, 0.25) is 0 Å². The Hall–Kier alpha value is -0.900. The molecule has 0 amide bonds. The Bertz CT molecular complexity index is 390. The summed E-state index contributed by atoms with van der Waals surface area (Å²) in [5.41, 5.74) is 1.95. The van der Waals surface area contributed by atoms with E-state index in [0.717, 1.165) is 5.56 Å². The highest BCUT2D eigenvalue weighted by atomic mass is 35.5. The highest BCUT2D eigenvalue weighted by Gasteiger charge is 2.19. The molecule has 2 N–H and O–H groups in total. The summed E-state index contributed by atoms with van der Waals surface area (Å²) in [6.07, 6.45) is -2.01. The molecule has 2 atom stereocenters. The highest BCUT2D eigenvalue weighted by molar-refractivity contribution is 6.18. The number of rotatable bonds is 4. The Kier molecular flexibility index (Phi) is 4.47. The van der Waals surface area contributed by atoms with Crippen LogP contribution in [0, 0.1) is 6.92 Å². The molecule has 1 aromatic carbocycles. The lowest BCUT2D eigenvalue weighted by Crippen LogP contribution is -2.20. The van der Waals surface area contributed by atoms with E-state index in [1.54, 1.807) is 25.1 Å². The molecular weight excluding hydrogens is 228 g/mol. The SMILES string of the molecule is CC(=O)c1ccc(C(O)C(O)CCl)c(C)c1. The molecule has 2 unspecified atom stereocenters. The lowest BCUT2D eigenvalue weighted by molar-refractivity contribution is 0.0323. The molecule has 0 aromatic heterocycles. The van der Waals surface area contributed by atoms with Crippen molar-refractivity contribution in [2.24, 2.45) is 0 Å². The van der Waals surface area contributed by atoms with Crippen LogP contribution in [-0.2, 0) is 0 Å². The zero-order chi connectivity index (χ0) is 12.3. The maximum atomic E-state index is 11.1. The normalized spacial score (nSPS) is 14.6. The van der Waals surface area contributed by atoms with Gasteiger partial charge in [0.15, 0.2) is 5.78 Å². The van der Waals surface area contributed by atoms with Crippen molar-refractivity contribution in [3.63, 3.8) is 0 Å². The first-order chi connectivity index (χ1) is 7.47. The van der Waals surface area contributed by atoms with E-state index >= 15 is 0 Å². The summed E-state index contributed by atoms with van der Waals surface area (Å²) in [5.74, 6) is -0.0586. The molecule has 0 fully saturated rings. The molecule has 0 radical (unpaired) electrons. The average molecular weight is 243 g/mol. The number of carbonyl (C=O) groups excluding carboxylic acids is 1. The molecule has 0 spiro atoms. The Morgan fingerprint density at radius 3 is 2.50 bits per heavy atom. The zero-order valence-electron chi connectivity index (χ0n) is 9.27. The van der Waals surface area contributed by atoms with Crippen molar-refractivity contribution in [2.75, 3.05) is 5.88 Å². The third-order valence-electron chi connectivity index (χ3n) is 2.52. The Balaban J connectivity index is 3.03. The fraction of sp³-hybridized carbons (Fsp3) is 0.417. The van der Waals surface area contributed by atoms with Gasteiger partial charge in [-0.25, -0.2) is 0 Å². The summed E-state index contributed by atoms with van der Waals surface area (Å²) in [4.78, 5) is 11.1. The van der Waals surface area contributed by atoms with Crippen molar-refractivity contribution in [1.29, 1.82) is 0 Å². The number of halogens is 1. The van der Waals surface area contributed by atoms with Gasteiger partial charge in [0.05, 0.1) is 12.0 Å². The molecule has 1 rings (SSSR count). The first-order valence-electron chi connectivity index (χ1n) is 5.01. The first-order valence-corrected chi connectivity index (χ1v) is 5.54. The standard InChI is InChI=1S/C12H15ClO3/c1-7-5-9(8(2)14)3-4-10(7)12(16)11(15)6-13/h3-5,11-12,15-16H,6H2,1-2H3. The monoisotopic (exact) mass is 242 g/mol. The van der Waals surface area contributed by atoms with Crippen LogP contribution in [0.3, 0.4) is 0 Å². The van der Waals surface area contributed by atoms with Gasteiger partial charge >= 0.3 is 0 Å². The van der Waals surface area contributed by atoms with Gasteiger partial charge < -0.3 is 10.2 Å². The number of hydrogen-bond donors (Lipinski definition) is 2. The van der Waals surface area contributed by atoms with E-state index < -0.39 is 12.2 Å². The largest absolute Gasteiger partial charge is 0.389 e. The van der Waals surface area contributed by atoms with Crippen LogP contribution in [0.25, 0.3) is 0 Å². The van der Waals surface area contributed by atoms with Crippen molar-refractivity contribution >= 4 is 17.4 Å². The number of benzene rings is 1. The summed E-state index contributed by atoms with van der Waals surface area (Å²) >= 11 is 5.47. The van der Waals surface area contributed by atoms with Crippen LogP contribution in [0.2, 0.25) is 0 Å². The number of carbonyl (C=O) groups is 1. The summed E-state index contributed by atoms with van der Waals surface area (Å²) in [6.45, 7) is 3.27. The summed E-state index contributed by atoms with van der Waals surface area (Å²) < 4.78 is 0. The van der Waals surface area contributed by atoms with Crippen LogP contribution >= 0.6 is 11.6 Å². The Morgan fingerprint density at radius 1 is 1.44 bits per heavy atom. The fourth-order valence-electron chi connectivity index (χ4n) is 1.52. The second kappa shape index (κ2) is 5.43. The average Bonchev–Trinajstić information content (AvgIpc) is 2.26. The van der Waals surface area contributed by atoms with Gasteiger partial charge in [-0.3, -0.25) is 4.79 Å². The van der Waals surface area contributed by atoms with E-state index in [1.807, 2.05) is 0 Å². The molecule has 0 saturated carbocycles. The van der Waals surface area contributed by atoms with Crippen LogP contribution in [0.1, 0.15) is 34.5 Å². The molecule has 3 nitrogen and oxygen atoms in total. The van der Waals surface area contributed by atoms with Crippen LogP contribution in [-0.4, -0.2) is 28.0 Å². The van der Waals surface area contributed by atoms with E-state index in [1.165, 1.54) is 6.92 Å². The summed E-state index contributed by atoms with van der Waals surface area (Å²) in [7, 11) is 0. The molecule has 4 heteroatoms. The number of alkyl halides is 1. The maximum Gasteiger partial charge on any atom is 0.159 e. The third kappa shape index (κ3) is 2.82. The minimum Gasteiger partial charge on any atom is -0.389 e. The van der Waals surface area contributed by atoms with E-state index in [0.29, 0.717) is 11.1 Å². The molecular formula is C12H15ClO3. The second-order valence-electron chi connectivity index (χ2n) is 3.79. The molecule has 1 aromatic rings. The van der Waals surface area contributed by atoms with E-state index in [4.69, 9.17) is 11.6 Å². The fourth-order valence-corrected chi connectivity index (χ4v) is 1.69. The van der Waals surface area contributed by atoms with Gasteiger partial charge in [0, 0.05) is 5.56 Å². The molecule has 0 heterocycles. The molecule has 0 saturated heterocycles. The van der Waals surface area contributed by atoms with Crippen molar-refractivity contribution in [3.8, 4) is 0 Å². The van der Waals surface area contributed by atoms with Crippen molar-refractivity contribution < 1.29 is 15.0 Å². The molecule has 0 aliphatic rings. The van der Waals surface area contributed by atoms with Crippen LogP contribution in [0.4, 0.5) is 0 Å². The number of Topliss-reactive ketones (excluding diaryl/α,β-unsaturated/α-hetero) is 1. The topological polar surface area (TPSA) is 57.5 Å². The number of ketones is 1. The quantitative estimate of drug-likeness (QED) is 0.626. The van der Waals surface area contributed by atoms with E-state index in [2.05, 4.69) is 0 Å². The van der Waals surface area contributed by atoms with Gasteiger partial charge in [-0.15, -0.1) is 11.6 Å². The maximum absolute atomic E-state index is 11.1. The minimum absolute atomic E-state index is 0.0259. The van der Waals surface area contributed by atoms with Crippen LogP contribution in [0.15, 0.2) is 18.2 Å². The third-order valence-corrected chi connectivity index (χ3v) is 2.83. The molecule has 0 aliphatic heterocycles. The van der Waals surface area contributed by atoms with Gasteiger partial charge in [0.1, 0.15) is 6.10 Å². The zero-order valence-corrected chi connectivity index (χ0v) is 10.0. The molecule has 0 bridgehead atoms. The first kappa shape index (κ1) is 13.2. The molecule has 0 aliphatic carbocycles. The number of aryl methyl sites for hydroxylation is 1. The molecule has 88 valence electrons. The predicted molar refractivity (Wildman–Crippen MR) is 62.9 cm³/mol. The number of aliphatic hydroxyl groups excluding tert-OH is 2. The van der Waals surface area contributed by atoms with E-state index in [-0.39, 0.29) is 11.7 Å². The van der Waals surface area contributed by atoms with Crippen molar-refractivity contribution in [3.05, 3.63) is 34.9 Å². The molecule has 16 heavy (non-hydrogen) atoms. The van der Waals surface area contributed by atoms with Crippen LogP contribution in [0.5, 0.6) is 0 Å². The summed E-state index contributed by atoms with van der Waals surface area (Å²) in [6, 6.07) is 4.98. The smallest absolute Gasteiger partial charge is 0.159 e. The predicted octanol–water partition coefficient (Wildman–Crippen LogP) is 1.83. The van der Waals surface area contributed by atoms with Gasteiger partial charge in [-0.2, -0.15) is 0 Å². The Morgan fingerprint density at radius 2 is 2.06 bits per heavy atom. The van der Waals surface area contributed by atoms with Crippen molar-refractivity contribution in [1.82, 2.24) is 0 Å². The lowest BCUT2D eigenvalue weighted by Gasteiger charge is -2.18. The van der Waals surface area contributed by atoms with E-state index in [9.17, 15) is 15.0 Å². The summed E-state index contributed by atoms with van der Waals surface area (Å²) in [5, 5.41) is 19.2. The van der Waals surface area contributed by atoms with Crippen molar-refractivity contribution in [2.45, 2.75) is 26.1 Å². The lowest BCUT2D eigenvalue weighted by atomic mass is 9.97.